The summed E-state index contributed by atoms with van der Waals surface area (Å²) in [5.74, 6) is -0.110. The summed E-state index contributed by atoms with van der Waals surface area (Å²) in [5, 5.41) is 2.65. The van der Waals surface area contributed by atoms with Crippen molar-refractivity contribution in [2.45, 2.75) is 25.8 Å². The van der Waals surface area contributed by atoms with Crippen molar-refractivity contribution in [1.82, 2.24) is 10.2 Å². The van der Waals surface area contributed by atoms with Crippen LogP contribution >= 0.6 is 0 Å². The molecule has 104 valence electrons. The quantitative estimate of drug-likeness (QED) is 0.641. The van der Waals surface area contributed by atoms with Gasteiger partial charge in [0.2, 0.25) is 11.8 Å². The first-order chi connectivity index (χ1) is 8.65. The number of ether oxygens (including phenoxy) is 2. The molecule has 0 bridgehead atoms. The highest BCUT2D eigenvalue weighted by molar-refractivity contribution is 5.89. The molecule has 18 heavy (non-hydrogen) atoms. The summed E-state index contributed by atoms with van der Waals surface area (Å²) in [5.41, 5.74) is 0. The fourth-order valence-electron chi connectivity index (χ4n) is 1.80. The number of amides is 2. The predicted octanol–water partition coefficient (Wildman–Crippen LogP) is -0.223. The standard InChI is InChI=1S/C12H22N2O4/c1-10-12(16)14(5-4-11(15)13-10)6-9-18-8-3-7-17-2/h10H,3-9H2,1-2H3,(H,13,15). The molecule has 1 fully saturated rings. The van der Waals surface area contributed by atoms with Gasteiger partial charge in [0.25, 0.3) is 0 Å². The van der Waals surface area contributed by atoms with E-state index in [9.17, 15) is 9.59 Å². The van der Waals surface area contributed by atoms with Gasteiger partial charge >= 0.3 is 0 Å². The average Bonchev–Trinajstić information content (AvgIpc) is 2.46. The molecule has 6 heteroatoms. The van der Waals surface area contributed by atoms with Crippen molar-refractivity contribution in [3.8, 4) is 0 Å². The Morgan fingerprint density at radius 2 is 2.11 bits per heavy atom. The first-order valence-corrected chi connectivity index (χ1v) is 6.30. The van der Waals surface area contributed by atoms with Crippen molar-refractivity contribution in [2.75, 3.05) is 40.0 Å². The van der Waals surface area contributed by atoms with Crippen LogP contribution in [0.25, 0.3) is 0 Å². The zero-order valence-corrected chi connectivity index (χ0v) is 11.1. The Hall–Kier alpha value is -1.14. The summed E-state index contributed by atoms with van der Waals surface area (Å²) in [6.45, 7) is 4.51. The Balaban J connectivity index is 2.23. The fraction of sp³-hybridized carbons (Fsp3) is 0.833. The lowest BCUT2D eigenvalue weighted by Gasteiger charge is -2.22. The van der Waals surface area contributed by atoms with Crippen LogP contribution in [0.3, 0.4) is 0 Å². The van der Waals surface area contributed by atoms with E-state index in [1.165, 1.54) is 0 Å². The summed E-state index contributed by atoms with van der Waals surface area (Å²) in [4.78, 5) is 24.9. The third kappa shape index (κ3) is 5.01. The summed E-state index contributed by atoms with van der Waals surface area (Å²) in [6, 6.07) is -0.437. The third-order valence-corrected chi connectivity index (χ3v) is 2.81. The van der Waals surface area contributed by atoms with Gasteiger partial charge in [-0.05, 0) is 13.3 Å². The zero-order valence-electron chi connectivity index (χ0n) is 11.1. The number of carbonyl (C=O) groups excluding carboxylic acids is 2. The maximum atomic E-state index is 11.9. The molecule has 1 rings (SSSR count). The summed E-state index contributed by atoms with van der Waals surface area (Å²) >= 11 is 0. The van der Waals surface area contributed by atoms with Crippen molar-refractivity contribution < 1.29 is 19.1 Å². The van der Waals surface area contributed by atoms with Crippen LogP contribution < -0.4 is 5.32 Å². The lowest BCUT2D eigenvalue weighted by molar-refractivity contribution is -0.133. The largest absolute Gasteiger partial charge is 0.385 e. The number of nitrogens with one attached hydrogen (secondary N) is 1. The van der Waals surface area contributed by atoms with Gasteiger partial charge in [-0.25, -0.2) is 0 Å². The highest BCUT2D eigenvalue weighted by Gasteiger charge is 2.25. The second-order valence-corrected chi connectivity index (χ2v) is 4.32. The number of hydrogen-bond acceptors (Lipinski definition) is 4. The molecule has 1 saturated heterocycles. The van der Waals surface area contributed by atoms with Crippen molar-refractivity contribution in [3.63, 3.8) is 0 Å². The molecule has 1 unspecified atom stereocenters. The minimum atomic E-state index is -0.437. The smallest absolute Gasteiger partial charge is 0.244 e. The molecule has 0 radical (unpaired) electrons. The van der Waals surface area contributed by atoms with E-state index in [0.717, 1.165) is 6.42 Å². The SMILES string of the molecule is COCCCOCCN1CCC(=O)NC(C)C1=O. The maximum absolute atomic E-state index is 11.9. The van der Waals surface area contributed by atoms with Crippen LogP contribution in [0, 0.1) is 0 Å². The molecule has 1 aliphatic heterocycles. The van der Waals surface area contributed by atoms with Crippen LogP contribution in [0.1, 0.15) is 19.8 Å². The summed E-state index contributed by atoms with van der Waals surface area (Å²) in [7, 11) is 1.65. The van der Waals surface area contributed by atoms with E-state index in [1.807, 2.05) is 0 Å². The normalized spacial score (nSPS) is 20.8. The van der Waals surface area contributed by atoms with Gasteiger partial charge in [-0.3, -0.25) is 9.59 Å². The summed E-state index contributed by atoms with van der Waals surface area (Å²) < 4.78 is 10.3. The molecule has 1 heterocycles. The Morgan fingerprint density at radius 3 is 2.83 bits per heavy atom. The van der Waals surface area contributed by atoms with Gasteiger partial charge in [0.1, 0.15) is 6.04 Å². The van der Waals surface area contributed by atoms with E-state index in [2.05, 4.69) is 5.32 Å². The molecule has 2 amide bonds. The van der Waals surface area contributed by atoms with Crippen LogP contribution in [0.5, 0.6) is 0 Å². The van der Waals surface area contributed by atoms with Gasteiger partial charge in [-0.1, -0.05) is 0 Å². The number of nitrogens with zero attached hydrogens (tertiary/aromatic N) is 1. The highest BCUT2D eigenvalue weighted by atomic mass is 16.5. The van der Waals surface area contributed by atoms with Crippen molar-refractivity contribution in [3.05, 3.63) is 0 Å². The molecule has 0 aromatic carbocycles. The van der Waals surface area contributed by atoms with Gasteiger partial charge in [0.15, 0.2) is 0 Å². The Kier molecular flexibility index (Phi) is 6.67. The molecule has 0 aromatic rings. The topological polar surface area (TPSA) is 67.9 Å². The van der Waals surface area contributed by atoms with E-state index in [1.54, 1.807) is 18.9 Å². The van der Waals surface area contributed by atoms with Crippen molar-refractivity contribution in [2.24, 2.45) is 0 Å². The van der Waals surface area contributed by atoms with Crippen LogP contribution in [0.2, 0.25) is 0 Å². The average molecular weight is 258 g/mol. The van der Waals surface area contributed by atoms with E-state index >= 15 is 0 Å². The minimum absolute atomic E-state index is 0.0404. The number of carbonyl (C=O) groups is 2. The molecule has 0 spiro atoms. The van der Waals surface area contributed by atoms with E-state index in [0.29, 0.717) is 39.3 Å². The van der Waals surface area contributed by atoms with Crippen LogP contribution in [0.4, 0.5) is 0 Å². The van der Waals surface area contributed by atoms with Crippen molar-refractivity contribution in [1.29, 1.82) is 0 Å². The van der Waals surface area contributed by atoms with E-state index in [-0.39, 0.29) is 11.8 Å². The zero-order chi connectivity index (χ0) is 13.4. The number of hydrogen-bond donors (Lipinski definition) is 1. The van der Waals surface area contributed by atoms with Gasteiger partial charge in [0, 0.05) is 39.8 Å². The monoisotopic (exact) mass is 258 g/mol. The van der Waals surface area contributed by atoms with Crippen LogP contribution in [-0.4, -0.2) is 62.8 Å². The van der Waals surface area contributed by atoms with Gasteiger partial charge in [0.05, 0.1) is 6.61 Å². The molecule has 1 aliphatic rings. The second-order valence-electron chi connectivity index (χ2n) is 4.32. The van der Waals surface area contributed by atoms with Gasteiger partial charge in [-0.15, -0.1) is 0 Å². The molecular formula is C12H22N2O4. The number of rotatable bonds is 7. The Morgan fingerprint density at radius 1 is 1.33 bits per heavy atom. The van der Waals surface area contributed by atoms with Gasteiger partial charge in [-0.2, -0.15) is 0 Å². The van der Waals surface area contributed by atoms with E-state index < -0.39 is 6.04 Å². The lowest BCUT2D eigenvalue weighted by atomic mass is 10.3. The maximum Gasteiger partial charge on any atom is 0.244 e. The molecule has 0 aliphatic carbocycles. The Labute approximate surface area is 108 Å². The predicted molar refractivity (Wildman–Crippen MR) is 66.1 cm³/mol. The second kappa shape index (κ2) is 8.05. The van der Waals surface area contributed by atoms with Crippen LogP contribution in [0.15, 0.2) is 0 Å². The van der Waals surface area contributed by atoms with Crippen LogP contribution in [-0.2, 0) is 19.1 Å². The van der Waals surface area contributed by atoms with Crippen molar-refractivity contribution >= 4 is 11.8 Å². The summed E-state index contributed by atoms with van der Waals surface area (Å²) in [6.07, 6.45) is 1.21. The molecule has 6 nitrogen and oxygen atoms in total. The number of methoxy groups -OCH3 is 1. The first kappa shape index (κ1) is 14.9. The molecule has 1 N–H and O–H groups in total. The molecule has 1 atom stereocenters. The Bertz CT molecular complexity index is 283. The van der Waals surface area contributed by atoms with Gasteiger partial charge < -0.3 is 19.7 Å². The fourth-order valence-corrected chi connectivity index (χ4v) is 1.80. The third-order valence-electron chi connectivity index (χ3n) is 2.81. The lowest BCUT2D eigenvalue weighted by Crippen LogP contribution is -2.43. The molecule has 0 aromatic heterocycles. The molecular weight excluding hydrogens is 236 g/mol. The molecule has 0 saturated carbocycles. The van der Waals surface area contributed by atoms with E-state index in [4.69, 9.17) is 9.47 Å². The highest BCUT2D eigenvalue weighted by Crippen LogP contribution is 2.03. The first-order valence-electron chi connectivity index (χ1n) is 6.30. The minimum Gasteiger partial charge on any atom is -0.385 e.